The van der Waals surface area contributed by atoms with Crippen LogP contribution in [0.3, 0.4) is 0 Å². The minimum atomic E-state index is 0.388. The number of aromatic nitrogens is 4. The summed E-state index contributed by atoms with van der Waals surface area (Å²) in [7, 11) is 0. The average molecular weight is 237 g/mol. The van der Waals surface area contributed by atoms with Crippen molar-refractivity contribution in [2.45, 2.75) is 26.7 Å². The van der Waals surface area contributed by atoms with E-state index in [2.05, 4.69) is 22.1 Å². The Morgan fingerprint density at radius 1 is 1.38 bits per heavy atom. The van der Waals surface area contributed by atoms with Crippen molar-refractivity contribution in [3.8, 4) is 5.69 Å². The van der Waals surface area contributed by atoms with Crippen molar-refractivity contribution in [2.24, 2.45) is 0 Å². The second kappa shape index (κ2) is 4.61. The molecule has 0 aromatic carbocycles. The van der Waals surface area contributed by atoms with Crippen LogP contribution in [-0.2, 0) is 6.42 Å². The molecule has 2 heterocycles. The standard InChI is InChI=1S/C11H13ClN4/c1-3-5-10-14-15-11(12)16(10)9-6-4-7-13-8(9)2/h4,6-7H,3,5H2,1-2H3. The lowest BCUT2D eigenvalue weighted by molar-refractivity contribution is 0.798. The summed E-state index contributed by atoms with van der Waals surface area (Å²) in [5, 5.41) is 8.37. The van der Waals surface area contributed by atoms with Gasteiger partial charge in [0.1, 0.15) is 5.82 Å². The molecule has 0 saturated heterocycles. The average Bonchev–Trinajstić information content (AvgIpc) is 2.62. The molecule has 2 rings (SSSR count). The molecule has 0 aliphatic carbocycles. The molecule has 0 bridgehead atoms. The molecular formula is C11H13ClN4. The van der Waals surface area contributed by atoms with Crippen LogP contribution in [0.4, 0.5) is 0 Å². The van der Waals surface area contributed by atoms with Gasteiger partial charge in [0.05, 0.1) is 11.4 Å². The van der Waals surface area contributed by atoms with Crippen LogP contribution in [0.15, 0.2) is 18.3 Å². The van der Waals surface area contributed by atoms with E-state index in [0.717, 1.165) is 30.0 Å². The summed E-state index contributed by atoms with van der Waals surface area (Å²) < 4.78 is 1.85. The quantitative estimate of drug-likeness (QED) is 0.823. The zero-order chi connectivity index (χ0) is 11.5. The number of aryl methyl sites for hydroxylation is 2. The third-order valence-electron chi connectivity index (χ3n) is 2.38. The topological polar surface area (TPSA) is 43.6 Å². The molecule has 0 fully saturated rings. The van der Waals surface area contributed by atoms with E-state index in [1.807, 2.05) is 23.6 Å². The number of halogens is 1. The van der Waals surface area contributed by atoms with E-state index in [1.165, 1.54) is 0 Å². The lowest BCUT2D eigenvalue weighted by Crippen LogP contribution is -2.04. The summed E-state index contributed by atoms with van der Waals surface area (Å²) in [6.45, 7) is 4.05. The Bertz CT molecular complexity index is 492. The number of nitrogens with zero attached hydrogens (tertiary/aromatic N) is 4. The van der Waals surface area contributed by atoms with Gasteiger partial charge in [-0.2, -0.15) is 0 Å². The largest absolute Gasteiger partial charge is 0.268 e. The van der Waals surface area contributed by atoms with Crippen LogP contribution < -0.4 is 0 Å². The molecule has 0 unspecified atom stereocenters. The third-order valence-corrected chi connectivity index (χ3v) is 2.63. The van der Waals surface area contributed by atoms with Gasteiger partial charge in [0, 0.05) is 12.6 Å². The lowest BCUT2D eigenvalue weighted by Gasteiger charge is -2.08. The third kappa shape index (κ3) is 1.93. The summed E-state index contributed by atoms with van der Waals surface area (Å²) in [5.74, 6) is 0.878. The molecule has 0 N–H and O–H groups in total. The van der Waals surface area contributed by atoms with Crippen LogP contribution in [0.25, 0.3) is 5.69 Å². The maximum absolute atomic E-state index is 6.05. The molecule has 0 amide bonds. The van der Waals surface area contributed by atoms with Gasteiger partial charge < -0.3 is 0 Å². The van der Waals surface area contributed by atoms with E-state index in [4.69, 9.17) is 11.6 Å². The van der Waals surface area contributed by atoms with Crippen LogP contribution in [0.5, 0.6) is 0 Å². The molecule has 84 valence electrons. The van der Waals surface area contributed by atoms with Crippen LogP contribution in [0, 0.1) is 6.92 Å². The smallest absolute Gasteiger partial charge is 0.229 e. The molecule has 0 aliphatic rings. The normalized spacial score (nSPS) is 10.7. The first-order chi connectivity index (χ1) is 7.74. The van der Waals surface area contributed by atoms with Gasteiger partial charge in [-0.25, -0.2) is 0 Å². The van der Waals surface area contributed by atoms with Crippen molar-refractivity contribution < 1.29 is 0 Å². The fourth-order valence-corrected chi connectivity index (χ4v) is 1.86. The van der Waals surface area contributed by atoms with Crippen molar-refractivity contribution in [1.82, 2.24) is 19.7 Å². The van der Waals surface area contributed by atoms with E-state index >= 15 is 0 Å². The summed E-state index contributed by atoms with van der Waals surface area (Å²) in [5.41, 5.74) is 1.86. The van der Waals surface area contributed by atoms with Gasteiger partial charge in [0.2, 0.25) is 5.28 Å². The van der Waals surface area contributed by atoms with E-state index in [-0.39, 0.29) is 0 Å². The summed E-state index contributed by atoms with van der Waals surface area (Å²) in [4.78, 5) is 4.24. The molecule has 0 saturated carbocycles. The highest BCUT2D eigenvalue weighted by Crippen LogP contribution is 2.19. The zero-order valence-corrected chi connectivity index (χ0v) is 10.1. The maximum Gasteiger partial charge on any atom is 0.229 e. The highest BCUT2D eigenvalue weighted by atomic mass is 35.5. The Balaban J connectivity index is 2.54. The molecule has 0 spiro atoms. The van der Waals surface area contributed by atoms with Gasteiger partial charge in [-0.3, -0.25) is 9.55 Å². The van der Waals surface area contributed by atoms with Gasteiger partial charge in [-0.05, 0) is 37.1 Å². The predicted molar refractivity (Wildman–Crippen MR) is 62.9 cm³/mol. The highest BCUT2D eigenvalue weighted by molar-refractivity contribution is 6.28. The minimum absolute atomic E-state index is 0.388. The predicted octanol–water partition coefficient (Wildman–Crippen LogP) is 2.58. The molecule has 0 atom stereocenters. The molecule has 0 radical (unpaired) electrons. The first kappa shape index (κ1) is 11.1. The molecule has 5 heteroatoms. The fraction of sp³-hybridized carbons (Fsp3) is 0.364. The van der Waals surface area contributed by atoms with Crippen LogP contribution in [-0.4, -0.2) is 19.7 Å². The first-order valence-corrected chi connectivity index (χ1v) is 5.63. The summed E-state index contributed by atoms with van der Waals surface area (Å²) >= 11 is 6.05. The van der Waals surface area contributed by atoms with Gasteiger partial charge in [0.15, 0.2) is 0 Å². The zero-order valence-electron chi connectivity index (χ0n) is 9.31. The summed E-state index contributed by atoms with van der Waals surface area (Å²) in [6.07, 6.45) is 3.62. The highest BCUT2D eigenvalue weighted by Gasteiger charge is 2.13. The summed E-state index contributed by atoms with van der Waals surface area (Å²) in [6, 6.07) is 3.85. The monoisotopic (exact) mass is 236 g/mol. The van der Waals surface area contributed by atoms with E-state index < -0.39 is 0 Å². The van der Waals surface area contributed by atoms with Crippen molar-refractivity contribution in [3.63, 3.8) is 0 Å². The molecular weight excluding hydrogens is 224 g/mol. The minimum Gasteiger partial charge on any atom is -0.268 e. The van der Waals surface area contributed by atoms with Crippen molar-refractivity contribution >= 4 is 11.6 Å². The second-order valence-corrected chi connectivity index (χ2v) is 3.92. The van der Waals surface area contributed by atoms with Crippen molar-refractivity contribution in [2.75, 3.05) is 0 Å². The number of hydrogen-bond acceptors (Lipinski definition) is 3. The Morgan fingerprint density at radius 3 is 2.88 bits per heavy atom. The van der Waals surface area contributed by atoms with Gasteiger partial charge >= 0.3 is 0 Å². The fourth-order valence-electron chi connectivity index (χ4n) is 1.63. The van der Waals surface area contributed by atoms with Crippen molar-refractivity contribution in [1.29, 1.82) is 0 Å². The SMILES string of the molecule is CCCc1nnc(Cl)n1-c1cccnc1C. The molecule has 2 aromatic heterocycles. The molecule has 0 aliphatic heterocycles. The van der Waals surface area contributed by atoms with Gasteiger partial charge in [-0.15, -0.1) is 10.2 Å². The van der Waals surface area contributed by atoms with Gasteiger partial charge in [0.25, 0.3) is 0 Å². The van der Waals surface area contributed by atoms with Crippen LogP contribution >= 0.6 is 11.6 Å². The van der Waals surface area contributed by atoms with Crippen molar-refractivity contribution in [3.05, 3.63) is 35.1 Å². The van der Waals surface area contributed by atoms with E-state index in [9.17, 15) is 0 Å². The van der Waals surface area contributed by atoms with Crippen LogP contribution in [0.1, 0.15) is 24.9 Å². The number of rotatable bonds is 3. The Hall–Kier alpha value is -1.42. The maximum atomic E-state index is 6.05. The van der Waals surface area contributed by atoms with Gasteiger partial charge in [-0.1, -0.05) is 6.92 Å². The van der Waals surface area contributed by atoms with E-state index in [0.29, 0.717) is 5.28 Å². The first-order valence-electron chi connectivity index (χ1n) is 5.25. The number of hydrogen-bond donors (Lipinski definition) is 0. The molecule has 2 aromatic rings. The second-order valence-electron chi connectivity index (χ2n) is 3.58. The Morgan fingerprint density at radius 2 is 2.19 bits per heavy atom. The van der Waals surface area contributed by atoms with Crippen LogP contribution in [0.2, 0.25) is 5.28 Å². The Kier molecular flexibility index (Phi) is 3.19. The molecule has 16 heavy (non-hydrogen) atoms. The Labute approximate surface area is 99.3 Å². The molecule has 4 nitrogen and oxygen atoms in total. The lowest BCUT2D eigenvalue weighted by atomic mass is 10.3. The number of pyridine rings is 1. The van der Waals surface area contributed by atoms with E-state index in [1.54, 1.807) is 6.20 Å².